The molecule has 3 heterocycles. The maximum Gasteiger partial charge on any atom is 0.223 e. The fourth-order valence-electron chi connectivity index (χ4n) is 4.82. The lowest BCUT2D eigenvalue weighted by Crippen LogP contribution is -2.45. The Balaban J connectivity index is 1.35. The fraction of sp³-hybridized carbons (Fsp3) is 0.737. The molecular formula is C19H29N5O2. The van der Waals surface area contributed by atoms with Crippen LogP contribution < -0.4 is 5.73 Å². The number of rotatable bonds is 4. The number of nitrogens with two attached hydrogens (primary N) is 1. The molecule has 0 saturated carbocycles. The molecule has 1 atom stereocenters. The predicted molar refractivity (Wildman–Crippen MR) is 97.2 cm³/mol. The monoisotopic (exact) mass is 359 g/mol. The first-order chi connectivity index (χ1) is 12.5. The Morgan fingerprint density at radius 2 is 1.96 bits per heavy atom. The van der Waals surface area contributed by atoms with Crippen LogP contribution >= 0.6 is 0 Å². The Morgan fingerprint density at radius 1 is 1.23 bits per heavy atom. The molecule has 0 spiro atoms. The molecule has 2 saturated heterocycles. The van der Waals surface area contributed by atoms with Gasteiger partial charge in [0.25, 0.3) is 0 Å². The van der Waals surface area contributed by atoms with Gasteiger partial charge in [-0.2, -0.15) is 5.10 Å². The highest BCUT2D eigenvalue weighted by molar-refractivity contribution is 5.88. The molecule has 1 aromatic heterocycles. The van der Waals surface area contributed by atoms with E-state index in [-0.39, 0.29) is 30.2 Å². The Kier molecular flexibility index (Phi) is 4.73. The van der Waals surface area contributed by atoms with Crippen LogP contribution in [-0.2, 0) is 36.0 Å². The molecule has 1 unspecified atom stereocenters. The minimum Gasteiger partial charge on any atom is -0.369 e. The van der Waals surface area contributed by atoms with E-state index in [0.717, 1.165) is 45.3 Å². The number of carbonyl (C=O) groups is 2. The van der Waals surface area contributed by atoms with E-state index in [9.17, 15) is 9.59 Å². The van der Waals surface area contributed by atoms with Crippen molar-refractivity contribution in [3.8, 4) is 0 Å². The zero-order valence-corrected chi connectivity index (χ0v) is 15.6. The van der Waals surface area contributed by atoms with E-state index in [4.69, 9.17) is 10.8 Å². The normalized spacial score (nSPS) is 24.9. The number of carbonyl (C=O) groups excluding carboxylic acids is 2. The summed E-state index contributed by atoms with van der Waals surface area (Å²) in [7, 11) is 2.06. The number of aryl methyl sites for hydroxylation is 2. The molecule has 0 aromatic carbocycles. The Bertz CT molecular complexity index is 705. The van der Waals surface area contributed by atoms with Gasteiger partial charge in [0.05, 0.1) is 17.3 Å². The first kappa shape index (κ1) is 17.5. The number of likely N-dealkylation sites (tertiary alicyclic amines) is 2. The molecule has 2 N–H and O–H groups in total. The summed E-state index contributed by atoms with van der Waals surface area (Å²) in [6.07, 6.45) is 7.03. The molecule has 26 heavy (non-hydrogen) atoms. The number of aromatic nitrogens is 2. The lowest BCUT2D eigenvalue weighted by molar-refractivity contribution is -0.130. The molecule has 7 heteroatoms. The number of hydrogen-bond donors (Lipinski definition) is 1. The molecule has 4 rings (SSSR count). The van der Waals surface area contributed by atoms with E-state index in [2.05, 4.69) is 16.6 Å². The largest absolute Gasteiger partial charge is 0.369 e. The number of piperidine rings is 1. The number of nitrogens with zero attached hydrogens (tertiary/aromatic N) is 4. The molecule has 0 bridgehead atoms. The highest BCUT2D eigenvalue weighted by Crippen LogP contribution is 2.28. The summed E-state index contributed by atoms with van der Waals surface area (Å²) < 4.78 is 2.07. The third-order valence-electron chi connectivity index (χ3n) is 6.38. The van der Waals surface area contributed by atoms with Gasteiger partial charge in [0, 0.05) is 45.7 Å². The summed E-state index contributed by atoms with van der Waals surface area (Å²) in [4.78, 5) is 28.0. The maximum atomic E-state index is 12.2. The molecule has 7 nitrogen and oxygen atoms in total. The van der Waals surface area contributed by atoms with Crippen molar-refractivity contribution >= 4 is 11.8 Å². The van der Waals surface area contributed by atoms with Gasteiger partial charge in [-0.25, -0.2) is 0 Å². The van der Waals surface area contributed by atoms with Crippen LogP contribution in [0.2, 0.25) is 0 Å². The van der Waals surface area contributed by atoms with E-state index >= 15 is 0 Å². The highest BCUT2D eigenvalue weighted by Gasteiger charge is 2.38. The number of hydrogen-bond acceptors (Lipinski definition) is 4. The van der Waals surface area contributed by atoms with Crippen molar-refractivity contribution in [2.45, 2.75) is 57.5 Å². The summed E-state index contributed by atoms with van der Waals surface area (Å²) in [6, 6.07) is 0.253. The summed E-state index contributed by atoms with van der Waals surface area (Å²) in [5, 5.41) is 4.72. The van der Waals surface area contributed by atoms with E-state index < -0.39 is 0 Å². The van der Waals surface area contributed by atoms with Crippen molar-refractivity contribution in [2.24, 2.45) is 18.7 Å². The van der Waals surface area contributed by atoms with Crippen molar-refractivity contribution in [1.29, 1.82) is 0 Å². The quantitative estimate of drug-likeness (QED) is 0.853. The summed E-state index contributed by atoms with van der Waals surface area (Å²) in [6.45, 7) is 3.42. The Labute approximate surface area is 154 Å². The van der Waals surface area contributed by atoms with Gasteiger partial charge in [-0.15, -0.1) is 0 Å². The molecule has 142 valence electrons. The number of fused-ring (bicyclic) bond motifs is 1. The van der Waals surface area contributed by atoms with Gasteiger partial charge in [-0.3, -0.25) is 19.2 Å². The van der Waals surface area contributed by atoms with Crippen molar-refractivity contribution in [1.82, 2.24) is 19.6 Å². The van der Waals surface area contributed by atoms with Gasteiger partial charge < -0.3 is 10.6 Å². The molecule has 3 aliphatic rings. The van der Waals surface area contributed by atoms with Crippen LogP contribution in [0.3, 0.4) is 0 Å². The third kappa shape index (κ3) is 3.24. The Morgan fingerprint density at radius 3 is 2.65 bits per heavy atom. The van der Waals surface area contributed by atoms with Crippen LogP contribution in [-0.4, -0.2) is 57.1 Å². The zero-order valence-electron chi connectivity index (χ0n) is 15.6. The third-order valence-corrected chi connectivity index (χ3v) is 6.38. The molecule has 1 aromatic rings. The van der Waals surface area contributed by atoms with Gasteiger partial charge in [0.2, 0.25) is 11.8 Å². The van der Waals surface area contributed by atoms with E-state index in [1.165, 1.54) is 29.8 Å². The smallest absolute Gasteiger partial charge is 0.223 e. The number of amides is 2. The van der Waals surface area contributed by atoms with Gasteiger partial charge in [0.1, 0.15) is 0 Å². The SMILES string of the molecule is Cn1nc2c(c1CN1CCC(N3CC(C(N)=O)CC3=O)CC1)CCCC2. The van der Waals surface area contributed by atoms with Crippen LogP contribution in [0.5, 0.6) is 0 Å². The van der Waals surface area contributed by atoms with Crippen molar-refractivity contribution in [3.63, 3.8) is 0 Å². The van der Waals surface area contributed by atoms with E-state index in [0.29, 0.717) is 6.54 Å². The fourth-order valence-corrected chi connectivity index (χ4v) is 4.82. The first-order valence-electron chi connectivity index (χ1n) is 9.87. The molecule has 2 aliphatic heterocycles. The minimum atomic E-state index is -0.348. The maximum absolute atomic E-state index is 12.2. The van der Waals surface area contributed by atoms with Crippen molar-refractivity contribution in [3.05, 3.63) is 17.0 Å². The molecule has 0 radical (unpaired) electrons. The second-order valence-corrected chi connectivity index (χ2v) is 8.06. The first-order valence-corrected chi connectivity index (χ1v) is 9.87. The topological polar surface area (TPSA) is 84.5 Å². The lowest BCUT2D eigenvalue weighted by Gasteiger charge is -2.37. The van der Waals surface area contributed by atoms with Crippen LogP contribution in [0.1, 0.15) is 49.1 Å². The van der Waals surface area contributed by atoms with Crippen LogP contribution in [0.25, 0.3) is 0 Å². The minimum absolute atomic E-state index is 0.0907. The van der Waals surface area contributed by atoms with Gasteiger partial charge in [0.15, 0.2) is 0 Å². The second kappa shape index (κ2) is 7.02. The molecule has 2 amide bonds. The predicted octanol–water partition coefficient (Wildman–Crippen LogP) is 0.597. The average Bonchev–Trinajstić information content (AvgIpc) is 3.16. The van der Waals surface area contributed by atoms with Gasteiger partial charge >= 0.3 is 0 Å². The molecule has 1 aliphatic carbocycles. The summed E-state index contributed by atoms with van der Waals surface area (Å²) in [5.41, 5.74) is 9.52. The second-order valence-electron chi connectivity index (χ2n) is 8.06. The molecular weight excluding hydrogens is 330 g/mol. The lowest BCUT2D eigenvalue weighted by atomic mass is 9.95. The van der Waals surface area contributed by atoms with Crippen LogP contribution in [0.4, 0.5) is 0 Å². The Hall–Kier alpha value is -1.89. The zero-order chi connectivity index (χ0) is 18.3. The highest BCUT2D eigenvalue weighted by atomic mass is 16.2. The van der Waals surface area contributed by atoms with Crippen molar-refractivity contribution in [2.75, 3.05) is 19.6 Å². The van der Waals surface area contributed by atoms with Gasteiger partial charge in [-0.1, -0.05) is 0 Å². The molecule has 2 fully saturated rings. The number of primary amides is 1. The summed E-state index contributed by atoms with van der Waals surface area (Å²) in [5.74, 6) is -0.561. The average molecular weight is 359 g/mol. The van der Waals surface area contributed by atoms with Crippen LogP contribution in [0, 0.1) is 5.92 Å². The standard InChI is InChI=1S/C19H29N5O2/c1-22-17(15-4-2-3-5-16(15)21-22)12-23-8-6-14(7-9-23)24-11-13(19(20)26)10-18(24)25/h13-14H,2-12H2,1H3,(H2,20,26). The van der Waals surface area contributed by atoms with Gasteiger partial charge in [-0.05, 0) is 44.1 Å². The summed E-state index contributed by atoms with van der Waals surface area (Å²) >= 11 is 0. The van der Waals surface area contributed by atoms with E-state index in [1.807, 2.05) is 4.90 Å². The van der Waals surface area contributed by atoms with Crippen LogP contribution in [0.15, 0.2) is 0 Å². The van der Waals surface area contributed by atoms with E-state index in [1.54, 1.807) is 0 Å². The van der Waals surface area contributed by atoms with Crippen molar-refractivity contribution < 1.29 is 9.59 Å².